The minimum absolute atomic E-state index is 0.612. The quantitative estimate of drug-likeness (QED) is 0.538. The molecule has 1 heteroatoms. The molecule has 0 N–H and O–H groups in total. The summed E-state index contributed by atoms with van der Waals surface area (Å²) < 4.78 is 0. The van der Waals surface area contributed by atoms with Gasteiger partial charge in [0, 0.05) is 11.5 Å². The summed E-state index contributed by atoms with van der Waals surface area (Å²) >= 11 is 6.12. The van der Waals surface area contributed by atoms with Crippen LogP contribution in [0, 0.1) is 11.8 Å². The van der Waals surface area contributed by atoms with Crippen LogP contribution >= 0.6 is 11.6 Å². The highest BCUT2D eigenvalue weighted by molar-refractivity contribution is 6.30. The molecule has 68 valence electrons. The summed E-state index contributed by atoms with van der Waals surface area (Å²) in [5.41, 5.74) is 1.37. The van der Waals surface area contributed by atoms with Crippen molar-refractivity contribution in [1.82, 2.24) is 0 Å². The molecule has 0 fully saturated rings. The molecule has 2 unspecified atom stereocenters. The molecule has 0 aromatic rings. The lowest BCUT2D eigenvalue weighted by Gasteiger charge is -2.19. The van der Waals surface area contributed by atoms with Crippen LogP contribution in [-0.2, 0) is 0 Å². The molecule has 0 radical (unpaired) electrons. The Hall–Kier alpha value is -0.230. The standard InChI is InChI=1S/C11H17Cl/c1-4-10-6-5-7-11(12)9(3)8(10)2/h5-6,8,10H,4,7H2,1-3H3. The van der Waals surface area contributed by atoms with Crippen LogP contribution in [0.15, 0.2) is 22.8 Å². The first-order valence-electron chi connectivity index (χ1n) is 4.68. The van der Waals surface area contributed by atoms with Gasteiger partial charge in [-0.3, -0.25) is 0 Å². The zero-order valence-corrected chi connectivity index (χ0v) is 8.86. The van der Waals surface area contributed by atoms with Gasteiger partial charge >= 0.3 is 0 Å². The molecule has 12 heavy (non-hydrogen) atoms. The van der Waals surface area contributed by atoms with Crippen molar-refractivity contribution in [3.63, 3.8) is 0 Å². The summed E-state index contributed by atoms with van der Waals surface area (Å²) in [4.78, 5) is 0. The van der Waals surface area contributed by atoms with Crippen LogP contribution in [-0.4, -0.2) is 0 Å². The summed E-state index contributed by atoms with van der Waals surface area (Å²) in [6.07, 6.45) is 6.64. The van der Waals surface area contributed by atoms with Gasteiger partial charge in [0.1, 0.15) is 0 Å². The molecule has 0 saturated carbocycles. The number of hydrogen-bond acceptors (Lipinski definition) is 0. The highest BCUT2D eigenvalue weighted by Crippen LogP contribution is 2.32. The average molecular weight is 185 g/mol. The van der Waals surface area contributed by atoms with Gasteiger partial charge in [-0.2, -0.15) is 0 Å². The second-order valence-electron chi connectivity index (χ2n) is 3.58. The Labute approximate surface area is 80.3 Å². The van der Waals surface area contributed by atoms with Crippen LogP contribution in [0.4, 0.5) is 0 Å². The van der Waals surface area contributed by atoms with Crippen molar-refractivity contribution in [2.45, 2.75) is 33.6 Å². The van der Waals surface area contributed by atoms with Gasteiger partial charge in [0.25, 0.3) is 0 Å². The second kappa shape index (κ2) is 4.13. The van der Waals surface area contributed by atoms with E-state index in [1.54, 1.807) is 0 Å². The van der Waals surface area contributed by atoms with Gasteiger partial charge in [-0.25, -0.2) is 0 Å². The molecule has 0 aromatic carbocycles. The first-order chi connectivity index (χ1) is 5.66. The van der Waals surface area contributed by atoms with E-state index in [-0.39, 0.29) is 0 Å². The maximum atomic E-state index is 6.12. The molecule has 2 atom stereocenters. The van der Waals surface area contributed by atoms with Crippen LogP contribution in [0.3, 0.4) is 0 Å². The highest BCUT2D eigenvalue weighted by Gasteiger charge is 2.18. The predicted molar refractivity (Wildman–Crippen MR) is 55.3 cm³/mol. The first kappa shape index (κ1) is 9.85. The second-order valence-corrected chi connectivity index (χ2v) is 4.04. The Morgan fingerprint density at radius 3 is 2.83 bits per heavy atom. The Bertz CT molecular complexity index is 213. The molecular formula is C11H17Cl. The van der Waals surface area contributed by atoms with Gasteiger partial charge in [0.2, 0.25) is 0 Å². The zero-order valence-electron chi connectivity index (χ0n) is 8.10. The molecule has 0 nitrogen and oxygen atoms in total. The monoisotopic (exact) mass is 184 g/mol. The van der Waals surface area contributed by atoms with Gasteiger partial charge in [0.05, 0.1) is 0 Å². The van der Waals surface area contributed by atoms with Gasteiger partial charge in [0.15, 0.2) is 0 Å². The van der Waals surface area contributed by atoms with Gasteiger partial charge in [-0.05, 0) is 25.2 Å². The molecule has 0 aliphatic heterocycles. The van der Waals surface area contributed by atoms with E-state index in [0.29, 0.717) is 11.8 Å². The van der Waals surface area contributed by atoms with E-state index in [4.69, 9.17) is 11.6 Å². The Kier molecular flexibility index (Phi) is 3.39. The zero-order chi connectivity index (χ0) is 9.14. The fourth-order valence-electron chi connectivity index (χ4n) is 1.73. The first-order valence-corrected chi connectivity index (χ1v) is 5.06. The van der Waals surface area contributed by atoms with E-state index >= 15 is 0 Å². The fraction of sp³-hybridized carbons (Fsp3) is 0.636. The largest absolute Gasteiger partial charge is 0.0889 e. The van der Waals surface area contributed by atoms with E-state index < -0.39 is 0 Å². The molecule has 1 aliphatic carbocycles. The number of rotatable bonds is 1. The van der Waals surface area contributed by atoms with Gasteiger partial charge in [-0.15, -0.1) is 0 Å². The van der Waals surface area contributed by atoms with E-state index in [9.17, 15) is 0 Å². The minimum atomic E-state index is 0.612. The van der Waals surface area contributed by atoms with Crippen LogP contribution in [0.5, 0.6) is 0 Å². The van der Waals surface area contributed by atoms with Crippen molar-refractivity contribution in [3.05, 3.63) is 22.8 Å². The average Bonchev–Trinajstić information content (AvgIpc) is 2.19. The van der Waals surface area contributed by atoms with Crippen LogP contribution in [0.1, 0.15) is 33.6 Å². The predicted octanol–water partition coefficient (Wildman–Crippen LogP) is 4.12. The molecule has 0 saturated heterocycles. The molecule has 1 aliphatic rings. The van der Waals surface area contributed by atoms with Crippen molar-refractivity contribution in [1.29, 1.82) is 0 Å². The van der Waals surface area contributed by atoms with E-state index in [1.165, 1.54) is 12.0 Å². The van der Waals surface area contributed by atoms with Gasteiger partial charge in [-0.1, -0.05) is 43.2 Å². The van der Waals surface area contributed by atoms with E-state index in [2.05, 4.69) is 32.9 Å². The van der Waals surface area contributed by atoms with Crippen molar-refractivity contribution in [3.8, 4) is 0 Å². The lowest BCUT2D eigenvalue weighted by Crippen LogP contribution is -2.08. The SMILES string of the molecule is CCC1C=CCC(Cl)=C(C)C1C. The minimum Gasteiger partial charge on any atom is -0.0889 e. The Balaban J connectivity index is 2.87. The Morgan fingerprint density at radius 2 is 2.25 bits per heavy atom. The third-order valence-corrected chi connectivity index (χ3v) is 3.36. The highest BCUT2D eigenvalue weighted by atomic mass is 35.5. The van der Waals surface area contributed by atoms with Crippen LogP contribution in [0.25, 0.3) is 0 Å². The molecule has 0 amide bonds. The smallest absolute Gasteiger partial charge is 0.0210 e. The summed E-state index contributed by atoms with van der Waals surface area (Å²) in [7, 11) is 0. The molecule has 0 heterocycles. The van der Waals surface area contributed by atoms with E-state index in [1.807, 2.05) is 0 Å². The fourth-order valence-corrected chi connectivity index (χ4v) is 1.99. The van der Waals surface area contributed by atoms with Crippen molar-refractivity contribution >= 4 is 11.6 Å². The maximum absolute atomic E-state index is 6.12. The maximum Gasteiger partial charge on any atom is 0.0210 e. The van der Waals surface area contributed by atoms with Crippen molar-refractivity contribution in [2.24, 2.45) is 11.8 Å². The Morgan fingerprint density at radius 1 is 1.58 bits per heavy atom. The molecule has 0 spiro atoms. The topological polar surface area (TPSA) is 0 Å². The lowest BCUT2D eigenvalue weighted by molar-refractivity contribution is 0.476. The summed E-state index contributed by atoms with van der Waals surface area (Å²) in [6.45, 7) is 6.65. The van der Waals surface area contributed by atoms with Crippen LogP contribution < -0.4 is 0 Å². The molecule has 0 aromatic heterocycles. The molecular weight excluding hydrogens is 168 g/mol. The lowest BCUT2D eigenvalue weighted by atomic mass is 9.87. The van der Waals surface area contributed by atoms with Crippen molar-refractivity contribution in [2.75, 3.05) is 0 Å². The summed E-state index contributed by atoms with van der Waals surface area (Å²) in [5.74, 6) is 1.29. The molecule has 0 bridgehead atoms. The summed E-state index contributed by atoms with van der Waals surface area (Å²) in [5, 5.41) is 1.04. The van der Waals surface area contributed by atoms with Crippen molar-refractivity contribution < 1.29 is 0 Å². The van der Waals surface area contributed by atoms with Crippen LogP contribution in [0.2, 0.25) is 0 Å². The number of allylic oxidation sites excluding steroid dienone is 4. The third-order valence-electron chi connectivity index (χ3n) is 2.90. The summed E-state index contributed by atoms with van der Waals surface area (Å²) in [6, 6.07) is 0. The van der Waals surface area contributed by atoms with Gasteiger partial charge < -0.3 is 0 Å². The van der Waals surface area contributed by atoms with E-state index in [0.717, 1.165) is 11.5 Å². The molecule has 1 rings (SSSR count). The normalized spacial score (nSPS) is 30.7. The third kappa shape index (κ3) is 1.92. The number of hydrogen-bond donors (Lipinski definition) is 0. The number of halogens is 1.